The summed E-state index contributed by atoms with van der Waals surface area (Å²) in [6, 6.07) is 11.3. The van der Waals surface area contributed by atoms with Gasteiger partial charge in [-0.1, -0.05) is 41.9 Å². The number of aromatic nitrogens is 2. The molecule has 0 bridgehead atoms. The summed E-state index contributed by atoms with van der Waals surface area (Å²) in [5, 5.41) is 7.75. The predicted octanol–water partition coefficient (Wildman–Crippen LogP) is 2.27. The molecule has 0 amide bonds. The highest BCUT2D eigenvalue weighted by Gasteiger charge is 2.09. The minimum Gasteiger partial charge on any atom is -0.397 e. The maximum absolute atomic E-state index is 7.53. The first-order chi connectivity index (χ1) is 9.60. The fourth-order valence-corrected chi connectivity index (χ4v) is 1.97. The smallest absolute Gasteiger partial charge is 0.222 e. The topological polar surface area (TPSA) is 102 Å². The zero-order valence-corrected chi connectivity index (χ0v) is 11.4. The minimum atomic E-state index is 0.0551. The Morgan fingerprint density at radius 1 is 1.25 bits per heavy atom. The summed E-state index contributed by atoms with van der Waals surface area (Å²) in [5.74, 6) is 0.0551. The first kappa shape index (κ1) is 14.0. The lowest BCUT2D eigenvalue weighted by atomic mass is 10.0. The highest BCUT2D eigenvalue weighted by Crippen LogP contribution is 2.18. The van der Waals surface area contributed by atoms with Gasteiger partial charge in [0.2, 0.25) is 5.95 Å². The van der Waals surface area contributed by atoms with Crippen molar-refractivity contribution in [3.8, 4) is 0 Å². The van der Waals surface area contributed by atoms with E-state index < -0.39 is 0 Å². The summed E-state index contributed by atoms with van der Waals surface area (Å²) < 4.78 is 0. The zero-order chi connectivity index (χ0) is 14.5. The molecule has 0 radical (unpaired) electrons. The van der Waals surface area contributed by atoms with Crippen LogP contribution in [0.2, 0.25) is 5.15 Å². The zero-order valence-electron chi connectivity index (χ0n) is 10.7. The number of hydrogen-bond donors (Lipinski definition) is 3. The van der Waals surface area contributed by atoms with Crippen molar-refractivity contribution < 1.29 is 0 Å². The Hall–Kier alpha value is -2.40. The van der Waals surface area contributed by atoms with Crippen LogP contribution in [0.5, 0.6) is 0 Å². The number of nitrogens with two attached hydrogens (primary N) is 2. The number of nitrogens with zero attached hydrogens (tertiary/aromatic N) is 2. The molecule has 5 N–H and O–H groups in total. The molecule has 0 spiro atoms. The van der Waals surface area contributed by atoms with E-state index >= 15 is 0 Å². The number of allylic oxidation sites excluding steroid dienone is 1. The molecule has 0 atom stereocenters. The van der Waals surface area contributed by atoms with Gasteiger partial charge in [0.15, 0.2) is 0 Å². The average Bonchev–Trinajstić information content (AvgIpc) is 2.44. The van der Waals surface area contributed by atoms with E-state index in [2.05, 4.69) is 9.97 Å². The molecule has 0 aliphatic heterocycles. The van der Waals surface area contributed by atoms with Crippen LogP contribution in [-0.2, 0) is 6.42 Å². The lowest BCUT2D eigenvalue weighted by molar-refractivity contribution is 1.14. The molecule has 5 nitrogen and oxygen atoms in total. The van der Waals surface area contributed by atoms with E-state index in [1.807, 2.05) is 30.3 Å². The van der Waals surface area contributed by atoms with Crippen molar-refractivity contribution in [1.82, 2.24) is 9.97 Å². The van der Waals surface area contributed by atoms with Crippen molar-refractivity contribution in [2.75, 3.05) is 5.73 Å². The Bertz CT molecular complexity index is 632. The molecule has 0 saturated carbocycles. The number of hydrogen-bond acceptors (Lipinski definition) is 5. The Kier molecular flexibility index (Phi) is 4.32. The second-order valence-electron chi connectivity index (χ2n) is 4.18. The van der Waals surface area contributed by atoms with Crippen LogP contribution in [0.4, 0.5) is 5.95 Å². The molecular weight excluding hydrogens is 274 g/mol. The fraction of sp³-hybridized carbons (Fsp3) is 0.0714. The van der Waals surface area contributed by atoms with Gasteiger partial charge in [0.1, 0.15) is 5.15 Å². The number of nitrogen functional groups attached to an aromatic ring is 1. The van der Waals surface area contributed by atoms with Crippen molar-refractivity contribution in [1.29, 1.82) is 5.41 Å². The maximum atomic E-state index is 7.53. The third kappa shape index (κ3) is 3.33. The molecule has 0 aliphatic rings. The van der Waals surface area contributed by atoms with Gasteiger partial charge in [-0.05, 0) is 11.1 Å². The molecule has 1 aromatic heterocycles. The van der Waals surface area contributed by atoms with E-state index in [1.165, 1.54) is 12.3 Å². The van der Waals surface area contributed by atoms with Gasteiger partial charge in [0.05, 0.1) is 11.4 Å². The molecule has 2 aromatic rings. The van der Waals surface area contributed by atoms with Crippen LogP contribution in [0.25, 0.3) is 5.70 Å². The monoisotopic (exact) mass is 287 g/mol. The molecule has 0 fully saturated rings. The van der Waals surface area contributed by atoms with Crippen LogP contribution in [-0.4, -0.2) is 16.2 Å². The van der Waals surface area contributed by atoms with Gasteiger partial charge in [0.25, 0.3) is 0 Å². The Labute approximate surface area is 121 Å². The third-order valence-electron chi connectivity index (χ3n) is 2.75. The summed E-state index contributed by atoms with van der Waals surface area (Å²) in [7, 11) is 0. The van der Waals surface area contributed by atoms with E-state index in [-0.39, 0.29) is 11.1 Å². The van der Waals surface area contributed by atoms with Gasteiger partial charge in [0, 0.05) is 18.7 Å². The highest BCUT2D eigenvalue weighted by molar-refractivity contribution is 6.29. The van der Waals surface area contributed by atoms with Crippen LogP contribution in [0.1, 0.15) is 11.3 Å². The van der Waals surface area contributed by atoms with Crippen LogP contribution >= 0.6 is 11.6 Å². The highest BCUT2D eigenvalue weighted by atomic mass is 35.5. The van der Waals surface area contributed by atoms with E-state index in [0.29, 0.717) is 23.4 Å². The van der Waals surface area contributed by atoms with Crippen LogP contribution in [0.15, 0.2) is 42.0 Å². The van der Waals surface area contributed by atoms with Crippen molar-refractivity contribution in [2.24, 2.45) is 5.73 Å². The molecule has 0 aliphatic carbocycles. The average molecular weight is 288 g/mol. The molecule has 102 valence electrons. The predicted molar refractivity (Wildman–Crippen MR) is 81.5 cm³/mol. The van der Waals surface area contributed by atoms with Gasteiger partial charge >= 0.3 is 0 Å². The van der Waals surface area contributed by atoms with Crippen molar-refractivity contribution in [2.45, 2.75) is 6.42 Å². The maximum Gasteiger partial charge on any atom is 0.222 e. The Morgan fingerprint density at radius 3 is 2.55 bits per heavy atom. The first-order valence-corrected chi connectivity index (χ1v) is 6.31. The lowest BCUT2D eigenvalue weighted by Crippen LogP contribution is -2.09. The summed E-state index contributed by atoms with van der Waals surface area (Å²) in [6.07, 6.45) is 1.76. The lowest BCUT2D eigenvalue weighted by Gasteiger charge is -2.08. The van der Waals surface area contributed by atoms with Crippen LogP contribution < -0.4 is 11.5 Å². The summed E-state index contributed by atoms with van der Waals surface area (Å²) in [4.78, 5) is 7.82. The number of nitrogens with one attached hydrogen (secondary N) is 1. The third-order valence-corrected chi connectivity index (χ3v) is 2.94. The second kappa shape index (κ2) is 6.16. The van der Waals surface area contributed by atoms with Gasteiger partial charge in [-0.25, -0.2) is 9.97 Å². The first-order valence-electron chi connectivity index (χ1n) is 5.93. The molecule has 20 heavy (non-hydrogen) atoms. The summed E-state index contributed by atoms with van der Waals surface area (Å²) >= 11 is 5.84. The van der Waals surface area contributed by atoms with Gasteiger partial charge < -0.3 is 16.9 Å². The van der Waals surface area contributed by atoms with Crippen molar-refractivity contribution >= 4 is 29.5 Å². The molecule has 6 heteroatoms. The molecule has 1 aromatic carbocycles. The largest absolute Gasteiger partial charge is 0.397 e. The molecule has 0 unspecified atom stereocenters. The molecule has 0 saturated heterocycles. The standard InChI is InChI=1S/C14H14ClN5/c15-12-7-11(19-14(18)20-12)13(17)10(8-16)6-9-4-2-1-3-5-9/h1-5,7-8,16H,6,17H2,(H2,18,19,20)/b13-10-,16-8?. The number of benzene rings is 1. The second-order valence-corrected chi connectivity index (χ2v) is 4.57. The quantitative estimate of drug-likeness (QED) is 0.593. The molecular formula is C14H14ClN5. The van der Waals surface area contributed by atoms with Gasteiger partial charge in [-0.3, -0.25) is 0 Å². The van der Waals surface area contributed by atoms with Gasteiger partial charge in [-0.15, -0.1) is 0 Å². The van der Waals surface area contributed by atoms with Crippen LogP contribution in [0.3, 0.4) is 0 Å². The van der Waals surface area contributed by atoms with E-state index in [1.54, 1.807) is 0 Å². The van der Waals surface area contributed by atoms with Gasteiger partial charge in [-0.2, -0.15) is 0 Å². The summed E-state index contributed by atoms with van der Waals surface area (Å²) in [6.45, 7) is 0. The normalized spacial score (nSPS) is 11.8. The van der Waals surface area contributed by atoms with E-state index in [4.69, 9.17) is 28.5 Å². The van der Waals surface area contributed by atoms with Crippen molar-refractivity contribution in [3.63, 3.8) is 0 Å². The summed E-state index contributed by atoms with van der Waals surface area (Å²) in [5.41, 5.74) is 14.1. The number of anilines is 1. The Morgan fingerprint density at radius 2 is 1.95 bits per heavy atom. The molecule has 1 heterocycles. The SMILES string of the molecule is N=C/C(Cc1ccccc1)=C(\N)c1cc(Cl)nc(N)n1. The minimum absolute atomic E-state index is 0.0551. The number of halogens is 1. The number of rotatable bonds is 4. The van der Waals surface area contributed by atoms with E-state index in [0.717, 1.165) is 5.56 Å². The van der Waals surface area contributed by atoms with Crippen molar-refractivity contribution in [3.05, 3.63) is 58.4 Å². The molecule has 2 rings (SSSR count). The Balaban J connectivity index is 2.38. The fourth-order valence-electron chi connectivity index (χ4n) is 1.78. The van der Waals surface area contributed by atoms with Crippen LogP contribution in [0, 0.1) is 5.41 Å². The van der Waals surface area contributed by atoms with E-state index in [9.17, 15) is 0 Å².